The Morgan fingerprint density at radius 1 is 1.52 bits per heavy atom. The summed E-state index contributed by atoms with van der Waals surface area (Å²) in [6.07, 6.45) is -3.34. The van der Waals surface area contributed by atoms with E-state index in [1.54, 1.807) is 0 Å². The number of carbonyl (C=O) groups excluding carboxylic acids is 1. The van der Waals surface area contributed by atoms with Gasteiger partial charge in [-0.05, 0) is 18.2 Å². The fourth-order valence-electron chi connectivity index (χ4n) is 1.79. The smallest absolute Gasteiger partial charge is 0.416 e. The molecule has 6 nitrogen and oxygen atoms in total. The quantitative estimate of drug-likeness (QED) is 0.868. The Balaban J connectivity index is 2.39. The van der Waals surface area contributed by atoms with Crippen molar-refractivity contribution in [1.29, 1.82) is 0 Å². The van der Waals surface area contributed by atoms with Crippen molar-refractivity contribution in [3.63, 3.8) is 0 Å². The number of fused-ring (bicyclic) bond motifs is 1. The molecule has 21 heavy (non-hydrogen) atoms. The molecule has 1 amide bonds. The van der Waals surface area contributed by atoms with Crippen LogP contribution in [0.5, 0.6) is 5.75 Å². The van der Waals surface area contributed by atoms with Crippen molar-refractivity contribution in [3.05, 3.63) is 36.4 Å². The van der Waals surface area contributed by atoms with Crippen LogP contribution in [0.15, 0.2) is 30.9 Å². The SMILES string of the molecule is C=CCOC(=O)N1CC(F)(F)Oc2cc(C(=O)O)ccc21. The second-order valence-corrected chi connectivity index (χ2v) is 4.18. The van der Waals surface area contributed by atoms with Gasteiger partial charge >= 0.3 is 18.2 Å². The van der Waals surface area contributed by atoms with Gasteiger partial charge in [0.2, 0.25) is 0 Å². The summed E-state index contributed by atoms with van der Waals surface area (Å²) < 4.78 is 36.2. The van der Waals surface area contributed by atoms with Crippen LogP contribution in [-0.2, 0) is 4.74 Å². The van der Waals surface area contributed by atoms with Crippen molar-refractivity contribution in [1.82, 2.24) is 0 Å². The van der Waals surface area contributed by atoms with Crippen molar-refractivity contribution in [2.45, 2.75) is 6.11 Å². The van der Waals surface area contributed by atoms with Gasteiger partial charge in [-0.1, -0.05) is 12.7 Å². The van der Waals surface area contributed by atoms with E-state index in [0.29, 0.717) is 4.90 Å². The summed E-state index contributed by atoms with van der Waals surface area (Å²) >= 11 is 0. The predicted octanol–water partition coefficient (Wildman–Crippen LogP) is 2.50. The van der Waals surface area contributed by atoms with Crippen molar-refractivity contribution in [2.75, 3.05) is 18.1 Å². The van der Waals surface area contributed by atoms with Crippen molar-refractivity contribution < 1.29 is 33.0 Å². The first-order chi connectivity index (χ1) is 9.84. The van der Waals surface area contributed by atoms with Crippen molar-refractivity contribution >= 4 is 17.7 Å². The molecule has 0 fully saturated rings. The molecule has 8 heteroatoms. The Hall–Kier alpha value is -2.64. The third-order valence-electron chi connectivity index (χ3n) is 2.64. The maximum Gasteiger partial charge on any atom is 0.416 e. The lowest BCUT2D eigenvalue weighted by atomic mass is 10.1. The zero-order valence-electron chi connectivity index (χ0n) is 10.7. The Labute approximate surface area is 118 Å². The molecular formula is C13H11F2NO5. The molecule has 0 radical (unpaired) electrons. The second kappa shape index (κ2) is 5.39. The second-order valence-electron chi connectivity index (χ2n) is 4.18. The molecule has 0 aromatic heterocycles. The van der Waals surface area contributed by atoms with Crippen LogP contribution >= 0.6 is 0 Å². The molecule has 1 aromatic carbocycles. The zero-order valence-corrected chi connectivity index (χ0v) is 10.7. The summed E-state index contributed by atoms with van der Waals surface area (Å²) in [5.74, 6) is -1.70. The summed E-state index contributed by atoms with van der Waals surface area (Å²) in [5, 5.41) is 8.85. The minimum absolute atomic E-state index is 0.0139. The average Bonchev–Trinajstić information content (AvgIpc) is 2.42. The van der Waals surface area contributed by atoms with E-state index in [2.05, 4.69) is 11.3 Å². The first kappa shape index (κ1) is 14.8. The van der Waals surface area contributed by atoms with E-state index in [-0.39, 0.29) is 17.9 Å². The Morgan fingerprint density at radius 2 is 2.24 bits per heavy atom. The lowest BCUT2D eigenvalue weighted by Gasteiger charge is -2.33. The number of hydrogen-bond donors (Lipinski definition) is 1. The number of nitrogens with zero attached hydrogens (tertiary/aromatic N) is 1. The number of aromatic carboxylic acids is 1. The lowest BCUT2D eigenvalue weighted by Crippen LogP contribution is -2.48. The standard InChI is InChI=1S/C13H11F2NO5/c1-2-5-20-12(19)16-7-13(14,15)21-10-6-8(11(17)18)3-4-9(10)16/h2-4,6H,1,5,7H2,(H,17,18). The van der Waals surface area contributed by atoms with E-state index < -0.39 is 30.5 Å². The highest BCUT2D eigenvalue weighted by molar-refractivity contribution is 5.93. The summed E-state index contributed by atoms with van der Waals surface area (Å²) in [6.45, 7) is 2.19. The predicted molar refractivity (Wildman–Crippen MR) is 67.9 cm³/mol. The van der Waals surface area contributed by atoms with Crippen LogP contribution in [0.1, 0.15) is 10.4 Å². The third kappa shape index (κ3) is 3.10. The van der Waals surface area contributed by atoms with Gasteiger partial charge in [-0.25, -0.2) is 9.59 Å². The van der Waals surface area contributed by atoms with Gasteiger partial charge in [0.1, 0.15) is 13.2 Å². The number of rotatable bonds is 3. The molecule has 0 atom stereocenters. The van der Waals surface area contributed by atoms with Crippen LogP contribution in [0.4, 0.5) is 19.3 Å². The number of amides is 1. The molecule has 0 aliphatic carbocycles. The molecule has 0 saturated carbocycles. The number of carboxylic acids is 1. The highest BCUT2D eigenvalue weighted by atomic mass is 19.3. The highest BCUT2D eigenvalue weighted by Gasteiger charge is 2.43. The fraction of sp³-hybridized carbons (Fsp3) is 0.231. The maximum absolute atomic E-state index is 13.5. The van der Waals surface area contributed by atoms with Gasteiger partial charge in [-0.3, -0.25) is 4.90 Å². The van der Waals surface area contributed by atoms with Crippen LogP contribution in [0.3, 0.4) is 0 Å². The first-order valence-electron chi connectivity index (χ1n) is 5.83. The molecule has 0 spiro atoms. The van der Waals surface area contributed by atoms with Crippen molar-refractivity contribution in [3.8, 4) is 5.75 Å². The van der Waals surface area contributed by atoms with Crippen LogP contribution in [0.25, 0.3) is 0 Å². The Morgan fingerprint density at radius 3 is 2.86 bits per heavy atom. The molecule has 1 aliphatic heterocycles. The molecule has 1 aromatic rings. The number of carbonyl (C=O) groups is 2. The summed E-state index contributed by atoms with van der Waals surface area (Å²) in [7, 11) is 0. The zero-order chi connectivity index (χ0) is 15.6. The number of carboxylic acid groups (broad SMARTS) is 1. The molecule has 0 bridgehead atoms. The largest absolute Gasteiger partial charge is 0.478 e. The summed E-state index contributed by atoms with van der Waals surface area (Å²) in [4.78, 5) is 23.3. The molecule has 112 valence electrons. The van der Waals surface area contributed by atoms with E-state index in [9.17, 15) is 18.4 Å². The fourth-order valence-corrected chi connectivity index (χ4v) is 1.79. The molecule has 1 N–H and O–H groups in total. The number of alkyl halides is 2. The topological polar surface area (TPSA) is 76.1 Å². The van der Waals surface area contributed by atoms with Gasteiger partial charge < -0.3 is 14.6 Å². The molecule has 0 unspecified atom stereocenters. The lowest BCUT2D eigenvalue weighted by molar-refractivity contribution is -0.171. The molecule has 1 aliphatic rings. The van der Waals surface area contributed by atoms with Gasteiger partial charge in [-0.15, -0.1) is 0 Å². The Kier molecular flexibility index (Phi) is 3.79. The van der Waals surface area contributed by atoms with Gasteiger partial charge in [-0.2, -0.15) is 8.78 Å². The Bertz CT molecular complexity index is 602. The van der Waals surface area contributed by atoms with Gasteiger partial charge in [0, 0.05) is 0 Å². The van der Waals surface area contributed by atoms with Crippen molar-refractivity contribution in [2.24, 2.45) is 0 Å². The summed E-state index contributed by atoms with van der Waals surface area (Å²) in [6, 6.07) is 3.32. The van der Waals surface area contributed by atoms with Gasteiger partial charge in [0.15, 0.2) is 5.75 Å². The van der Waals surface area contributed by atoms with Gasteiger partial charge in [0.05, 0.1) is 11.3 Å². The first-order valence-corrected chi connectivity index (χ1v) is 5.83. The monoisotopic (exact) mass is 299 g/mol. The van der Waals surface area contributed by atoms with E-state index >= 15 is 0 Å². The molecule has 2 rings (SSSR count). The minimum atomic E-state index is -3.64. The van der Waals surface area contributed by atoms with Crippen LogP contribution in [-0.4, -0.2) is 36.4 Å². The average molecular weight is 299 g/mol. The van der Waals surface area contributed by atoms with Crippen LogP contribution in [0.2, 0.25) is 0 Å². The molecule has 0 saturated heterocycles. The van der Waals surface area contributed by atoms with Gasteiger partial charge in [0.25, 0.3) is 0 Å². The maximum atomic E-state index is 13.5. The minimum Gasteiger partial charge on any atom is -0.478 e. The van der Waals surface area contributed by atoms with E-state index in [1.807, 2.05) is 0 Å². The number of anilines is 1. The number of halogens is 2. The van der Waals surface area contributed by atoms with E-state index in [0.717, 1.165) is 6.07 Å². The van der Waals surface area contributed by atoms with Crippen LogP contribution < -0.4 is 9.64 Å². The summed E-state index contributed by atoms with van der Waals surface area (Å²) in [5.41, 5.74) is -0.217. The number of ether oxygens (including phenoxy) is 2. The number of hydrogen-bond acceptors (Lipinski definition) is 4. The normalized spacial score (nSPS) is 15.6. The molecular weight excluding hydrogens is 288 g/mol. The van der Waals surface area contributed by atoms with E-state index in [1.165, 1.54) is 18.2 Å². The third-order valence-corrected chi connectivity index (χ3v) is 2.64. The molecule has 1 heterocycles. The van der Waals surface area contributed by atoms with Crippen LogP contribution in [0, 0.1) is 0 Å². The van der Waals surface area contributed by atoms with E-state index in [4.69, 9.17) is 9.84 Å². The highest BCUT2D eigenvalue weighted by Crippen LogP contribution is 2.39. The number of benzene rings is 1.